The van der Waals surface area contributed by atoms with Crippen LogP contribution in [0.5, 0.6) is 5.75 Å². The van der Waals surface area contributed by atoms with Gasteiger partial charge in [0.15, 0.2) is 17.4 Å². The Morgan fingerprint density at radius 2 is 1.74 bits per heavy atom. The van der Waals surface area contributed by atoms with Gasteiger partial charge in [0.25, 0.3) is 0 Å². The molecule has 0 aliphatic heterocycles. The first kappa shape index (κ1) is 13.5. The van der Waals surface area contributed by atoms with Crippen LogP contribution in [0.3, 0.4) is 0 Å². The number of carbonyl (C=O) groups excluding carboxylic acids is 1. The Bertz CT molecular complexity index is 597. The zero-order valence-corrected chi connectivity index (χ0v) is 10.6. The van der Waals surface area contributed by atoms with Crippen LogP contribution >= 0.6 is 11.8 Å². The number of hydrogen-bond acceptors (Lipinski definition) is 3. The Morgan fingerprint density at radius 3 is 2.37 bits per heavy atom. The van der Waals surface area contributed by atoms with E-state index in [-0.39, 0.29) is 17.3 Å². The lowest BCUT2D eigenvalue weighted by Crippen LogP contribution is -2.01. The first-order chi connectivity index (χ1) is 9.06. The minimum Gasteiger partial charge on any atom is -0.508 e. The molecule has 1 N–H and O–H groups in total. The molecule has 19 heavy (non-hydrogen) atoms. The van der Waals surface area contributed by atoms with Crippen LogP contribution in [0.25, 0.3) is 0 Å². The zero-order chi connectivity index (χ0) is 13.8. The molecule has 0 amide bonds. The summed E-state index contributed by atoms with van der Waals surface area (Å²) in [4.78, 5) is 12.3. The van der Waals surface area contributed by atoms with E-state index in [0.717, 1.165) is 23.9 Å². The molecule has 0 saturated carbocycles. The van der Waals surface area contributed by atoms with Crippen LogP contribution in [0.15, 0.2) is 47.4 Å². The normalized spacial score (nSPS) is 10.4. The van der Waals surface area contributed by atoms with Gasteiger partial charge in [-0.05, 0) is 42.5 Å². The second-order valence-corrected chi connectivity index (χ2v) is 4.88. The maximum atomic E-state index is 13.0. The van der Waals surface area contributed by atoms with Crippen molar-refractivity contribution in [2.75, 3.05) is 5.75 Å². The summed E-state index contributed by atoms with van der Waals surface area (Å²) in [6.45, 7) is 0. The summed E-state index contributed by atoms with van der Waals surface area (Å²) in [7, 11) is 0. The van der Waals surface area contributed by atoms with Gasteiger partial charge in [-0.25, -0.2) is 8.78 Å². The SMILES string of the molecule is O=C(CSc1ccc(F)c(F)c1)c1ccc(O)cc1. The summed E-state index contributed by atoms with van der Waals surface area (Å²) in [6, 6.07) is 9.40. The summed E-state index contributed by atoms with van der Waals surface area (Å²) in [5.41, 5.74) is 0.466. The molecule has 98 valence electrons. The van der Waals surface area contributed by atoms with E-state index in [1.165, 1.54) is 30.3 Å². The summed E-state index contributed by atoms with van der Waals surface area (Å²) < 4.78 is 25.7. The molecule has 0 fully saturated rings. The van der Waals surface area contributed by atoms with Gasteiger partial charge in [-0.1, -0.05) is 0 Å². The van der Waals surface area contributed by atoms with Crippen LogP contribution in [0.1, 0.15) is 10.4 Å². The molecule has 2 aromatic rings. The van der Waals surface area contributed by atoms with Crippen LogP contribution in [0, 0.1) is 11.6 Å². The number of aromatic hydroxyl groups is 1. The first-order valence-electron chi connectivity index (χ1n) is 5.46. The van der Waals surface area contributed by atoms with E-state index in [9.17, 15) is 13.6 Å². The molecule has 0 saturated heterocycles. The van der Waals surface area contributed by atoms with Crippen molar-refractivity contribution in [1.82, 2.24) is 0 Å². The molecule has 0 heterocycles. The Labute approximate surface area is 113 Å². The van der Waals surface area contributed by atoms with Crippen molar-refractivity contribution in [2.24, 2.45) is 0 Å². The number of rotatable bonds is 4. The second-order valence-electron chi connectivity index (χ2n) is 3.83. The van der Waals surface area contributed by atoms with Gasteiger partial charge in [0.1, 0.15) is 5.75 Å². The topological polar surface area (TPSA) is 37.3 Å². The standard InChI is InChI=1S/C14H10F2O2S/c15-12-6-5-11(7-13(12)16)19-8-14(18)9-1-3-10(17)4-2-9/h1-7,17H,8H2. The summed E-state index contributed by atoms with van der Waals surface area (Å²) in [6.07, 6.45) is 0. The Hall–Kier alpha value is -1.88. The average Bonchev–Trinajstić information content (AvgIpc) is 2.40. The smallest absolute Gasteiger partial charge is 0.173 e. The largest absolute Gasteiger partial charge is 0.508 e. The highest BCUT2D eigenvalue weighted by Crippen LogP contribution is 2.22. The van der Waals surface area contributed by atoms with Crippen molar-refractivity contribution in [1.29, 1.82) is 0 Å². The lowest BCUT2D eigenvalue weighted by atomic mass is 10.1. The van der Waals surface area contributed by atoms with Crippen LogP contribution in [-0.4, -0.2) is 16.6 Å². The van der Waals surface area contributed by atoms with Crippen molar-refractivity contribution in [3.63, 3.8) is 0 Å². The molecule has 2 rings (SSSR count). The minimum atomic E-state index is -0.929. The van der Waals surface area contributed by atoms with E-state index in [1.807, 2.05) is 0 Å². The van der Waals surface area contributed by atoms with Gasteiger partial charge in [-0.2, -0.15) is 0 Å². The van der Waals surface area contributed by atoms with Crippen molar-refractivity contribution in [3.8, 4) is 5.75 Å². The molecule has 5 heteroatoms. The Kier molecular flexibility index (Phi) is 4.16. The van der Waals surface area contributed by atoms with Crippen LogP contribution < -0.4 is 0 Å². The third kappa shape index (κ3) is 3.54. The van der Waals surface area contributed by atoms with Crippen LogP contribution in [-0.2, 0) is 0 Å². The van der Waals surface area contributed by atoms with Gasteiger partial charge >= 0.3 is 0 Å². The number of ketones is 1. The van der Waals surface area contributed by atoms with E-state index in [4.69, 9.17) is 5.11 Å². The van der Waals surface area contributed by atoms with Crippen LogP contribution in [0.4, 0.5) is 8.78 Å². The van der Waals surface area contributed by atoms with Gasteiger partial charge in [0.2, 0.25) is 0 Å². The van der Waals surface area contributed by atoms with Gasteiger partial charge in [0.05, 0.1) is 5.75 Å². The van der Waals surface area contributed by atoms with E-state index in [2.05, 4.69) is 0 Å². The molecule has 0 spiro atoms. The molecular formula is C14H10F2O2S. The monoisotopic (exact) mass is 280 g/mol. The maximum absolute atomic E-state index is 13.0. The highest BCUT2D eigenvalue weighted by molar-refractivity contribution is 8.00. The predicted octanol–water partition coefficient (Wildman–Crippen LogP) is 3.65. The molecule has 0 atom stereocenters. The van der Waals surface area contributed by atoms with Crippen molar-refractivity contribution in [2.45, 2.75) is 4.90 Å². The van der Waals surface area contributed by atoms with E-state index in [1.54, 1.807) is 0 Å². The summed E-state index contributed by atoms with van der Waals surface area (Å²) >= 11 is 1.13. The van der Waals surface area contributed by atoms with Gasteiger partial charge in [-0.15, -0.1) is 11.8 Å². The number of thioether (sulfide) groups is 1. The lowest BCUT2D eigenvalue weighted by molar-refractivity contribution is 0.102. The maximum Gasteiger partial charge on any atom is 0.173 e. The van der Waals surface area contributed by atoms with Gasteiger partial charge in [0, 0.05) is 10.5 Å². The van der Waals surface area contributed by atoms with E-state index >= 15 is 0 Å². The average molecular weight is 280 g/mol. The molecule has 2 aromatic carbocycles. The molecule has 2 nitrogen and oxygen atoms in total. The Morgan fingerprint density at radius 1 is 1.05 bits per heavy atom. The fraction of sp³-hybridized carbons (Fsp3) is 0.0714. The summed E-state index contributed by atoms with van der Waals surface area (Å²) in [5.74, 6) is -1.77. The molecule has 0 unspecified atom stereocenters. The number of halogens is 2. The quantitative estimate of drug-likeness (QED) is 0.686. The number of phenolic OH excluding ortho intramolecular Hbond substituents is 1. The van der Waals surface area contributed by atoms with Crippen LogP contribution in [0.2, 0.25) is 0 Å². The number of carbonyl (C=O) groups is 1. The number of benzene rings is 2. The molecule has 0 aliphatic carbocycles. The van der Waals surface area contributed by atoms with Gasteiger partial charge in [-0.3, -0.25) is 4.79 Å². The highest BCUT2D eigenvalue weighted by Gasteiger charge is 2.08. The van der Waals surface area contributed by atoms with Crippen molar-refractivity contribution in [3.05, 3.63) is 59.7 Å². The number of phenols is 1. The van der Waals surface area contributed by atoms with Crippen molar-refractivity contribution < 1.29 is 18.7 Å². The molecule has 0 bridgehead atoms. The zero-order valence-electron chi connectivity index (χ0n) is 9.77. The van der Waals surface area contributed by atoms with E-state index in [0.29, 0.717) is 10.5 Å². The highest BCUT2D eigenvalue weighted by atomic mass is 32.2. The van der Waals surface area contributed by atoms with E-state index < -0.39 is 11.6 Å². The second kappa shape index (κ2) is 5.84. The number of hydrogen-bond donors (Lipinski definition) is 1. The van der Waals surface area contributed by atoms with Crippen molar-refractivity contribution >= 4 is 17.5 Å². The van der Waals surface area contributed by atoms with Gasteiger partial charge < -0.3 is 5.11 Å². The lowest BCUT2D eigenvalue weighted by Gasteiger charge is -2.02. The predicted molar refractivity (Wildman–Crippen MR) is 69.5 cm³/mol. The fourth-order valence-electron chi connectivity index (χ4n) is 1.45. The third-order valence-electron chi connectivity index (χ3n) is 2.45. The number of Topliss-reactive ketones (excluding diaryl/α,β-unsaturated/α-hetero) is 1. The molecule has 0 aromatic heterocycles. The third-order valence-corrected chi connectivity index (χ3v) is 3.44. The Balaban J connectivity index is 2.00. The fourth-order valence-corrected chi connectivity index (χ4v) is 2.26. The molecule has 0 radical (unpaired) electrons. The minimum absolute atomic E-state index is 0.0878. The molecule has 0 aliphatic rings. The first-order valence-corrected chi connectivity index (χ1v) is 6.45. The summed E-state index contributed by atoms with van der Waals surface area (Å²) in [5, 5.41) is 9.11. The molecular weight excluding hydrogens is 270 g/mol.